The first kappa shape index (κ1) is 13.8. The molecule has 3 aromatic rings. The van der Waals surface area contributed by atoms with Gasteiger partial charge in [-0.2, -0.15) is 0 Å². The van der Waals surface area contributed by atoms with Gasteiger partial charge >= 0.3 is 0 Å². The quantitative estimate of drug-likeness (QED) is 0.785. The van der Waals surface area contributed by atoms with E-state index in [0.717, 1.165) is 29.2 Å². The first-order chi connectivity index (χ1) is 10.3. The summed E-state index contributed by atoms with van der Waals surface area (Å²) < 4.78 is 7.03. The topological polar surface area (TPSA) is 66.0 Å². The van der Waals surface area contributed by atoms with E-state index in [2.05, 4.69) is 21.8 Å². The summed E-state index contributed by atoms with van der Waals surface area (Å²) in [5.41, 5.74) is 8.60. The van der Waals surface area contributed by atoms with E-state index in [9.17, 15) is 0 Å². The fourth-order valence-electron chi connectivity index (χ4n) is 2.18. The molecule has 2 N–H and O–H groups in total. The third kappa shape index (κ3) is 2.81. The molecule has 0 radical (unpaired) electrons. The maximum absolute atomic E-state index is 5.78. The third-order valence-electron chi connectivity index (χ3n) is 3.28. The molecule has 0 amide bonds. The van der Waals surface area contributed by atoms with Gasteiger partial charge in [0, 0.05) is 17.8 Å². The summed E-state index contributed by atoms with van der Waals surface area (Å²) >= 11 is 1.72. The first-order valence-corrected chi connectivity index (χ1v) is 7.50. The molecular formula is C15H16N4OS. The summed E-state index contributed by atoms with van der Waals surface area (Å²) in [7, 11) is 1.65. The molecule has 1 aromatic carbocycles. The van der Waals surface area contributed by atoms with Crippen LogP contribution in [0.15, 0.2) is 41.8 Å². The first-order valence-electron chi connectivity index (χ1n) is 6.62. The molecule has 3 rings (SSSR count). The summed E-state index contributed by atoms with van der Waals surface area (Å²) in [4.78, 5) is 1.27. The van der Waals surface area contributed by atoms with Gasteiger partial charge in [-0.1, -0.05) is 11.3 Å². The average molecular weight is 300 g/mol. The molecule has 0 bridgehead atoms. The lowest BCUT2D eigenvalue weighted by molar-refractivity contribution is 0.414. The molecule has 0 saturated heterocycles. The number of nitrogens with two attached hydrogens (primary N) is 1. The van der Waals surface area contributed by atoms with Crippen LogP contribution in [0.1, 0.15) is 16.3 Å². The number of ether oxygens (including phenoxy) is 1. The van der Waals surface area contributed by atoms with Gasteiger partial charge in [0.15, 0.2) is 0 Å². The fraction of sp³-hybridized carbons (Fsp3) is 0.200. The van der Waals surface area contributed by atoms with Crippen molar-refractivity contribution in [3.63, 3.8) is 0 Å². The van der Waals surface area contributed by atoms with Crippen LogP contribution in [0.5, 0.6) is 5.75 Å². The molecule has 0 atom stereocenters. The molecule has 0 spiro atoms. The standard InChI is InChI=1S/C15H16N4OS/c1-20-12-6-4-11(5-7-12)19-15(14(10-16)17-18-19)9-13-3-2-8-21-13/h2-8H,9-10,16H2,1H3. The van der Waals surface area contributed by atoms with Gasteiger partial charge in [0.2, 0.25) is 0 Å². The number of thiophene rings is 1. The Morgan fingerprint density at radius 2 is 2.05 bits per heavy atom. The molecule has 5 nitrogen and oxygen atoms in total. The fourth-order valence-corrected chi connectivity index (χ4v) is 2.89. The van der Waals surface area contributed by atoms with E-state index < -0.39 is 0 Å². The zero-order valence-electron chi connectivity index (χ0n) is 11.7. The largest absolute Gasteiger partial charge is 0.497 e. The minimum absolute atomic E-state index is 0.386. The van der Waals surface area contributed by atoms with Crippen LogP contribution in [0, 0.1) is 0 Å². The van der Waals surface area contributed by atoms with E-state index in [1.54, 1.807) is 18.4 Å². The Balaban J connectivity index is 1.99. The lowest BCUT2D eigenvalue weighted by atomic mass is 10.2. The van der Waals surface area contributed by atoms with Gasteiger partial charge in [-0.3, -0.25) is 0 Å². The van der Waals surface area contributed by atoms with Crippen molar-refractivity contribution >= 4 is 11.3 Å². The highest BCUT2D eigenvalue weighted by Gasteiger charge is 2.14. The van der Waals surface area contributed by atoms with Gasteiger partial charge in [0.25, 0.3) is 0 Å². The lowest BCUT2D eigenvalue weighted by Gasteiger charge is -2.07. The highest BCUT2D eigenvalue weighted by Crippen LogP contribution is 2.21. The van der Waals surface area contributed by atoms with Gasteiger partial charge < -0.3 is 10.5 Å². The van der Waals surface area contributed by atoms with Crippen molar-refractivity contribution in [1.82, 2.24) is 15.0 Å². The number of methoxy groups -OCH3 is 1. The molecule has 0 aliphatic rings. The minimum Gasteiger partial charge on any atom is -0.497 e. The second kappa shape index (κ2) is 6.07. The Morgan fingerprint density at radius 1 is 1.24 bits per heavy atom. The molecule has 2 aromatic heterocycles. The van der Waals surface area contributed by atoms with E-state index in [1.807, 2.05) is 35.0 Å². The number of hydrogen-bond donors (Lipinski definition) is 1. The molecule has 2 heterocycles. The van der Waals surface area contributed by atoms with Gasteiger partial charge in [0.1, 0.15) is 11.4 Å². The van der Waals surface area contributed by atoms with Gasteiger partial charge in [-0.05, 0) is 35.7 Å². The Labute approximate surface area is 127 Å². The highest BCUT2D eigenvalue weighted by atomic mass is 32.1. The Hall–Kier alpha value is -2.18. The van der Waals surface area contributed by atoms with Gasteiger partial charge in [-0.25, -0.2) is 4.68 Å². The second-order valence-electron chi connectivity index (χ2n) is 4.55. The van der Waals surface area contributed by atoms with Crippen LogP contribution in [0.2, 0.25) is 0 Å². The predicted molar refractivity (Wildman–Crippen MR) is 82.9 cm³/mol. The maximum atomic E-state index is 5.78. The Morgan fingerprint density at radius 3 is 2.67 bits per heavy atom. The van der Waals surface area contributed by atoms with Crippen LogP contribution in [0.3, 0.4) is 0 Å². The zero-order valence-corrected chi connectivity index (χ0v) is 12.5. The summed E-state index contributed by atoms with van der Waals surface area (Å²) in [5.74, 6) is 0.817. The smallest absolute Gasteiger partial charge is 0.119 e. The van der Waals surface area contributed by atoms with Crippen LogP contribution in [0.25, 0.3) is 5.69 Å². The monoisotopic (exact) mass is 300 g/mol. The van der Waals surface area contributed by atoms with Crippen LogP contribution in [0.4, 0.5) is 0 Å². The number of hydrogen-bond acceptors (Lipinski definition) is 5. The molecular weight excluding hydrogens is 284 g/mol. The summed E-state index contributed by atoms with van der Waals surface area (Å²) in [6.07, 6.45) is 0.781. The van der Waals surface area contributed by atoms with E-state index in [1.165, 1.54) is 4.88 Å². The van der Waals surface area contributed by atoms with Crippen LogP contribution in [-0.2, 0) is 13.0 Å². The Kier molecular flexibility index (Phi) is 3.98. The van der Waals surface area contributed by atoms with E-state index >= 15 is 0 Å². The van der Waals surface area contributed by atoms with E-state index in [4.69, 9.17) is 10.5 Å². The zero-order chi connectivity index (χ0) is 14.7. The van der Waals surface area contributed by atoms with Gasteiger partial charge in [0.05, 0.1) is 18.5 Å². The summed E-state index contributed by atoms with van der Waals surface area (Å²) in [6.45, 7) is 0.386. The summed E-state index contributed by atoms with van der Waals surface area (Å²) in [6, 6.07) is 11.9. The normalized spacial score (nSPS) is 10.8. The number of aromatic nitrogens is 3. The van der Waals surface area contributed by atoms with Gasteiger partial charge in [-0.15, -0.1) is 16.4 Å². The molecule has 0 unspecified atom stereocenters. The van der Waals surface area contributed by atoms with E-state index in [0.29, 0.717) is 6.54 Å². The van der Waals surface area contributed by atoms with Crippen molar-refractivity contribution in [2.24, 2.45) is 5.73 Å². The van der Waals surface area contributed by atoms with Crippen molar-refractivity contribution in [2.75, 3.05) is 7.11 Å². The molecule has 0 saturated carbocycles. The second-order valence-corrected chi connectivity index (χ2v) is 5.59. The molecule has 0 fully saturated rings. The van der Waals surface area contributed by atoms with Crippen molar-refractivity contribution in [2.45, 2.75) is 13.0 Å². The highest BCUT2D eigenvalue weighted by molar-refractivity contribution is 7.09. The van der Waals surface area contributed by atoms with Crippen LogP contribution in [-0.4, -0.2) is 22.1 Å². The Bertz CT molecular complexity index is 704. The van der Waals surface area contributed by atoms with Crippen molar-refractivity contribution < 1.29 is 4.74 Å². The van der Waals surface area contributed by atoms with Crippen LogP contribution < -0.4 is 10.5 Å². The molecule has 6 heteroatoms. The van der Waals surface area contributed by atoms with Crippen molar-refractivity contribution in [3.8, 4) is 11.4 Å². The maximum Gasteiger partial charge on any atom is 0.119 e. The molecule has 21 heavy (non-hydrogen) atoms. The van der Waals surface area contributed by atoms with Crippen LogP contribution >= 0.6 is 11.3 Å². The third-order valence-corrected chi connectivity index (χ3v) is 4.15. The minimum atomic E-state index is 0.386. The number of benzene rings is 1. The number of nitrogens with zero attached hydrogens (tertiary/aromatic N) is 3. The predicted octanol–water partition coefficient (Wildman–Crippen LogP) is 2.39. The lowest BCUT2D eigenvalue weighted by Crippen LogP contribution is -2.06. The van der Waals surface area contributed by atoms with E-state index in [-0.39, 0.29) is 0 Å². The van der Waals surface area contributed by atoms with Crippen molar-refractivity contribution in [3.05, 3.63) is 58.0 Å². The molecule has 0 aliphatic carbocycles. The number of rotatable bonds is 5. The SMILES string of the molecule is COc1ccc(-n2nnc(CN)c2Cc2cccs2)cc1. The average Bonchev–Trinajstić information content (AvgIpc) is 3.17. The molecule has 0 aliphatic heterocycles. The molecule has 108 valence electrons. The summed E-state index contributed by atoms with van der Waals surface area (Å²) in [5, 5.41) is 10.5. The van der Waals surface area contributed by atoms with Crippen molar-refractivity contribution in [1.29, 1.82) is 0 Å².